The molecule has 16 heavy (non-hydrogen) atoms. The van der Waals surface area contributed by atoms with Gasteiger partial charge in [0.15, 0.2) is 17.3 Å². The maximum absolute atomic E-state index is 11.7. The van der Waals surface area contributed by atoms with Crippen molar-refractivity contribution < 1.29 is 14.6 Å². The largest absolute Gasteiger partial charge is 0.504 e. The van der Waals surface area contributed by atoms with Crippen LogP contribution in [0.25, 0.3) is 0 Å². The van der Waals surface area contributed by atoms with E-state index in [1.165, 1.54) is 7.11 Å². The van der Waals surface area contributed by atoms with Gasteiger partial charge in [-0.05, 0) is 37.6 Å². The van der Waals surface area contributed by atoms with Crippen molar-refractivity contribution in [2.75, 3.05) is 13.7 Å². The van der Waals surface area contributed by atoms with Gasteiger partial charge in [0.1, 0.15) is 0 Å². The first-order valence-corrected chi connectivity index (χ1v) is 5.13. The Morgan fingerprint density at radius 2 is 2.12 bits per heavy atom. The van der Waals surface area contributed by atoms with Crippen molar-refractivity contribution in [1.29, 1.82) is 0 Å². The number of carbonyl (C=O) groups is 1. The Labute approximate surface area is 95.0 Å². The second-order valence-corrected chi connectivity index (χ2v) is 3.71. The molecule has 0 fully saturated rings. The van der Waals surface area contributed by atoms with Gasteiger partial charge in [0.2, 0.25) is 0 Å². The van der Waals surface area contributed by atoms with Crippen LogP contribution in [0.2, 0.25) is 0 Å². The van der Waals surface area contributed by atoms with E-state index in [2.05, 4.69) is 0 Å². The predicted octanol–water partition coefficient (Wildman–Crippen LogP) is 1.55. The van der Waals surface area contributed by atoms with Gasteiger partial charge in [-0.25, -0.2) is 0 Å². The van der Waals surface area contributed by atoms with Crippen molar-refractivity contribution in [2.45, 2.75) is 20.3 Å². The Bertz CT molecular complexity index is 413. The topological polar surface area (TPSA) is 72.5 Å². The van der Waals surface area contributed by atoms with Gasteiger partial charge in [-0.2, -0.15) is 0 Å². The van der Waals surface area contributed by atoms with E-state index < -0.39 is 0 Å². The first kappa shape index (κ1) is 12.5. The second kappa shape index (κ2) is 4.99. The van der Waals surface area contributed by atoms with Crippen LogP contribution in [0, 0.1) is 13.8 Å². The molecule has 0 aliphatic rings. The number of carbonyl (C=O) groups excluding carboxylic acids is 1. The van der Waals surface area contributed by atoms with Crippen LogP contribution in [-0.4, -0.2) is 24.5 Å². The number of phenols is 1. The summed E-state index contributed by atoms with van der Waals surface area (Å²) in [4.78, 5) is 11.7. The molecule has 0 amide bonds. The van der Waals surface area contributed by atoms with Crippen LogP contribution in [0.5, 0.6) is 11.5 Å². The standard InChI is InChI=1S/C12H17NO3/c1-7-6-9(10(14)4-5-13)11(15)12(16-3)8(7)2/h6,15H,4-5,13H2,1-3H3. The molecule has 0 atom stereocenters. The quantitative estimate of drug-likeness (QED) is 0.759. The summed E-state index contributed by atoms with van der Waals surface area (Å²) in [6.07, 6.45) is 0.221. The average molecular weight is 223 g/mol. The summed E-state index contributed by atoms with van der Waals surface area (Å²) in [6.45, 7) is 3.98. The first-order valence-electron chi connectivity index (χ1n) is 5.13. The molecule has 0 bridgehead atoms. The highest BCUT2D eigenvalue weighted by atomic mass is 16.5. The van der Waals surface area contributed by atoms with E-state index >= 15 is 0 Å². The molecular formula is C12H17NO3. The molecule has 0 saturated carbocycles. The number of benzene rings is 1. The number of Topliss-reactive ketones (excluding diaryl/α,β-unsaturated/α-hetero) is 1. The molecule has 4 heteroatoms. The molecule has 88 valence electrons. The number of rotatable bonds is 4. The number of ether oxygens (including phenoxy) is 1. The summed E-state index contributed by atoms with van der Waals surface area (Å²) in [6, 6.07) is 1.67. The molecule has 1 rings (SSSR count). The molecule has 0 saturated heterocycles. The minimum Gasteiger partial charge on any atom is -0.504 e. The van der Waals surface area contributed by atoms with Crippen molar-refractivity contribution in [3.63, 3.8) is 0 Å². The second-order valence-electron chi connectivity index (χ2n) is 3.71. The predicted molar refractivity (Wildman–Crippen MR) is 62.1 cm³/mol. The number of hydrogen-bond acceptors (Lipinski definition) is 4. The molecule has 0 aromatic heterocycles. The van der Waals surface area contributed by atoms with Crippen LogP contribution in [0.3, 0.4) is 0 Å². The van der Waals surface area contributed by atoms with Gasteiger partial charge in [0.05, 0.1) is 12.7 Å². The molecule has 0 radical (unpaired) electrons. The number of phenolic OH excluding ortho intramolecular Hbond substituents is 1. The zero-order chi connectivity index (χ0) is 12.3. The summed E-state index contributed by atoms with van der Waals surface area (Å²) in [5, 5.41) is 9.90. The molecule has 0 unspecified atom stereocenters. The van der Waals surface area contributed by atoms with Gasteiger partial charge >= 0.3 is 0 Å². The Balaban J connectivity index is 3.31. The zero-order valence-corrected chi connectivity index (χ0v) is 9.83. The fourth-order valence-electron chi connectivity index (χ4n) is 1.60. The molecule has 0 heterocycles. The number of aryl methyl sites for hydroxylation is 1. The smallest absolute Gasteiger partial charge is 0.168 e. The summed E-state index contributed by atoms with van der Waals surface area (Å²) in [5.41, 5.74) is 7.35. The Kier molecular flexibility index (Phi) is 3.90. The molecule has 0 aliphatic heterocycles. The van der Waals surface area contributed by atoms with E-state index in [0.29, 0.717) is 5.75 Å². The molecule has 1 aromatic carbocycles. The Morgan fingerprint density at radius 1 is 1.50 bits per heavy atom. The molecule has 3 N–H and O–H groups in total. The van der Waals surface area contributed by atoms with Crippen molar-refractivity contribution >= 4 is 5.78 Å². The molecule has 0 aliphatic carbocycles. The summed E-state index contributed by atoms with van der Waals surface area (Å²) in [5.74, 6) is 0.103. The third-order valence-corrected chi connectivity index (χ3v) is 2.64. The van der Waals surface area contributed by atoms with E-state index in [0.717, 1.165) is 11.1 Å². The van der Waals surface area contributed by atoms with Crippen molar-refractivity contribution in [1.82, 2.24) is 0 Å². The third-order valence-electron chi connectivity index (χ3n) is 2.64. The third kappa shape index (κ3) is 2.17. The van der Waals surface area contributed by atoms with Gasteiger partial charge in [0.25, 0.3) is 0 Å². The van der Waals surface area contributed by atoms with Gasteiger partial charge in [0, 0.05) is 6.42 Å². The highest BCUT2D eigenvalue weighted by molar-refractivity contribution is 5.99. The fraction of sp³-hybridized carbons (Fsp3) is 0.417. The summed E-state index contributed by atoms with van der Waals surface area (Å²) in [7, 11) is 1.47. The fourth-order valence-corrected chi connectivity index (χ4v) is 1.60. The number of ketones is 1. The number of aromatic hydroxyl groups is 1. The molecular weight excluding hydrogens is 206 g/mol. The minimum atomic E-state index is -0.165. The monoisotopic (exact) mass is 223 g/mol. The van der Waals surface area contributed by atoms with E-state index in [9.17, 15) is 9.90 Å². The maximum atomic E-state index is 11.7. The lowest BCUT2D eigenvalue weighted by Crippen LogP contribution is -2.09. The highest BCUT2D eigenvalue weighted by Gasteiger charge is 2.18. The van der Waals surface area contributed by atoms with E-state index in [4.69, 9.17) is 10.5 Å². The number of hydrogen-bond donors (Lipinski definition) is 2. The lowest BCUT2D eigenvalue weighted by atomic mass is 9.99. The van der Waals surface area contributed by atoms with Crippen LogP contribution in [-0.2, 0) is 0 Å². The van der Waals surface area contributed by atoms with Crippen molar-refractivity contribution in [3.8, 4) is 11.5 Å². The van der Waals surface area contributed by atoms with Crippen molar-refractivity contribution in [2.24, 2.45) is 5.73 Å². The SMILES string of the molecule is COc1c(C)c(C)cc(C(=O)CCN)c1O. The van der Waals surface area contributed by atoms with E-state index in [1.807, 2.05) is 13.8 Å². The Hall–Kier alpha value is -1.55. The molecule has 1 aromatic rings. The van der Waals surface area contributed by atoms with Crippen LogP contribution < -0.4 is 10.5 Å². The van der Waals surface area contributed by atoms with Gasteiger partial charge in [-0.1, -0.05) is 0 Å². The zero-order valence-electron chi connectivity index (χ0n) is 9.83. The molecule has 4 nitrogen and oxygen atoms in total. The first-order chi connectivity index (χ1) is 7.52. The number of methoxy groups -OCH3 is 1. The van der Waals surface area contributed by atoms with E-state index in [-0.39, 0.29) is 30.1 Å². The van der Waals surface area contributed by atoms with Crippen LogP contribution in [0.4, 0.5) is 0 Å². The average Bonchev–Trinajstić information content (AvgIpc) is 2.24. The van der Waals surface area contributed by atoms with Crippen LogP contribution in [0.1, 0.15) is 27.9 Å². The van der Waals surface area contributed by atoms with Gasteiger partial charge in [-0.3, -0.25) is 4.79 Å². The summed E-state index contributed by atoms with van der Waals surface area (Å²) < 4.78 is 5.09. The highest BCUT2D eigenvalue weighted by Crippen LogP contribution is 2.35. The van der Waals surface area contributed by atoms with Gasteiger partial charge < -0.3 is 15.6 Å². The minimum absolute atomic E-state index is 0.0935. The lowest BCUT2D eigenvalue weighted by molar-refractivity contribution is 0.0982. The number of nitrogens with two attached hydrogens (primary N) is 1. The maximum Gasteiger partial charge on any atom is 0.168 e. The van der Waals surface area contributed by atoms with E-state index in [1.54, 1.807) is 6.07 Å². The van der Waals surface area contributed by atoms with Gasteiger partial charge in [-0.15, -0.1) is 0 Å². The van der Waals surface area contributed by atoms with Crippen LogP contribution >= 0.6 is 0 Å². The summed E-state index contributed by atoms with van der Waals surface area (Å²) >= 11 is 0. The normalized spacial score (nSPS) is 10.2. The molecule has 0 spiro atoms. The Morgan fingerprint density at radius 3 is 2.62 bits per heavy atom. The lowest BCUT2D eigenvalue weighted by Gasteiger charge is -2.13. The van der Waals surface area contributed by atoms with Crippen molar-refractivity contribution in [3.05, 3.63) is 22.8 Å². The van der Waals surface area contributed by atoms with Crippen LogP contribution in [0.15, 0.2) is 6.07 Å².